The summed E-state index contributed by atoms with van der Waals surface area (Å²) in [6.07, 6.45) is 11.7. The molecule has 23 heavy (non-hydrogen) atoms. The normalized spacial score (nSPS) is 15.2. The van der Waals surface area contributed by atoms with Gasteiger partial charge >= 0.3 is 0 Å². The molecule has 1 N–H and O–H groups in total. The second-order valence-electron chi connectivity index (χ2n) is 5.77. The second-order valence-corrected chi connectivity index (χ2v) is 6.18. The van der Waals surface area contributed by atoms with Gasteiger partial charge in [0.05, 0.1) is 16.7 Å². The third kappa shape index (κ3) is 2.84. The molecule has 0 aliphatic heterocycles. The third-order valence-electron chi connectivity index (χ3n) is 4.21. The summed E-state index contributed by atoms with van der Waals surface area (Å²) in [5.74, 6) is 1.45. The molecule has 6 heteroatoms. The lowest BCUT2D eigenvalue weighted by molar-refractivity contribution is 0.752. The highest BCUT2D eigenvalue weighted by Crippen LogP contribution is 2.30. The molecule has 0 bridgehead atoms. The van der Waals surface area contributed by atoms with Gasteiger partial charge in [0.2, 0.25) is 0 Å². The first-order valence-corrected chi connectivity index (χ1v) is 8.17. The summed E-state index contributed by atoms with van der Waals surface area (Å²) in [4.78, 5) is 17.6. The monoisotopic (exact) mass is 325 g/mol. The standard InChI is InChI=1S/C17H16ClN5/c18-14-9-19-7-5-12(14)16-22-15-10-20-8-6-13(15)17(23-16)21-11-3-1-2-4-11/h5-11H,1-4H2,(H,21,22,23). The molecule has 3 heterocycles. The Hall–Kier alpha value is -2.27. The lowest BCUT2D eigenvalue weighted by Gasteiger charge is -2.15. The minimum Gasteiger partial charge on any atom is -0.367 e. The van der Waals surface area contributed by atoms with E-state index in [9.17, 15) is 0 Å². The Kier molecular flexibility index (Phi) is 3.79. The Bertz CT molecular complexity index is 845. The number of pyridine rings is 2. The predicted octanol–water partition coefficient (Wildman–Crippen LogP) is 4.09. The molecule has 0 amide bonds. The van der Waals surface area contributed by atoms with E-state index < -0.39 is 0 Å². The highest BCUT2D eigenvalue weighted by atomic mass is 35.5. The molecule has 0 radical (unpaired) electrons. The van der Waals surface area contributed by atoms with Crippen molar-refractivity contribution in [2.75, 3.05) is 5.32 Å². The average molecular weight is 326 g/mol. The third-order valence-corrected chi connectivity index (χ3v) is 4.51. The Morgan fingerprint density at radius 3 is 2.61 bits per heavy atom. The number of hydrogen-bond donors (Lipinski definition) is 1. The molecule has 5 nitrogen and oxygen atoms in total. The van der Waals surface area contributed by atoms with Crippen molar-refractivity contribution in [3.63, 3.8) is 0 Å². The van der Waals surface area contributed by atoms with Crippen LogP contribution in [0.15, 0.2) is 36.9 Å². The predicted molar refractivity (Wildman–Crippen MR) is 91.5 cm³/mol. The summed E-state index contributed by atoms with van der Waals surface area (Å²) in [6.45, 7) is 0. The van der Waals surface area contributed by atoms with Gasteiger partial charge in [0.1, 0.15) is 5.82 Å². The molecule has 1 fully saturated rings. The van der Waals surface area contributed by atoms with E-state index in [2.05, 4.69) is 20.3 Å². The van der Waals surface area contributed by atoms with E-state index in [0.717, 1.165) is 22.3 Å². The number of hydrogen-bond acceptors (Lipinski definition) is 5. The van der Waals surface area contributed by atoms with Crippen LogP contribution in [0.1, 0.15) is 25.7 Å². The van der Waals surface area contributed by atoms with E-state index in [0.29, 0.717) is 16.9 Å². The summed E-state index contributed by atoms with van der Waals surface area (Å²) in [6, 6.07) is 4.26. The van der Waals surface area contributed by atoms with E-state index in [4.69, 9.17) is 16.6 Å². The highest BCUT2D eigenvalue weighted by Gasteiger charge is 2.18. The molecule has 3 aromatic heterocycles. The molecule has 1 aliphatic carbocycles. The van der Waals surface area contributed by atoms with Crippen molar-refractivity contribution >= 4 is 28.3 Å². The van der Waals surface area contributed by atoms with E-state index in [1.165, 1.54) is 25.7 Å². The molecular formula is C17H16ClN5. The van der Waals surface area contributed by atoms with Gasteiger partial charge in [-0.1, -0.05) is 24.4 Å². The quantitative estimate of drug-likeness (QED) is 0.785. The maximum Gasteiger partial charge on any atom is 0.163 e. The Balaban J connectivity index is 1.84. The fourth-order valence-corrected chi connectivity index (χ4v) is 3.24. The van der Waals surface area contributed by atoms with Crippen molar-refractivity contribution in [2.24, 2.45) is 0 Å². The van der Waals surface area contributed by atoms with Gasteiger partial charge in [-0.2, -0.15) is 0 Å². The van der Waals surface area contributed by atoms with Crippen LogP contribution in [-0.4, -0.2) is 26.0 Å². The van der Waals surface area contributed by atoms with Crippen molar-refractivity contribution in [2.45, 2.75) is 31.7 Å². The summed E-state index contributed by atoms with van der Waals surface area (Å²) in [5.41, 5.74) is 1.59. The molecule has 1 saturated carbocycles. The number of rotatable bonds is 3. The van der Waals surface area contributed by atoms with Crippen molar-refractivity contribution in [1.29, 1.82) is 0 Å². The van der Waals surface area contributed by atoms with Crippen LogP contribution in [0.3, 0.4) is 0 Å². The maximum atomic E-state index is 6.25. The molecule has 0 saturated heterocycles. The summed E-state index contributed by atoms with van der Waals surface area (Å²) < 4.78 is 0. The molecule has 0 atom stereocenters. The smallest absolute Gasteiger partial charge is 0.163 e. The molecule has 0 spiro atoms. The van der Waals surface area contributed by atoms with E-state index >= 15 is 0 Å². The molecule has 116 valence electrons. The zero-order valence-corrected chi connectivity index (χ0v) is 13.3. The lowest BCUT2D eigenvalue weighted by atomic mass is 10.2. The van der Waals surface area contributed by atoms with Gasteiger partial charge < -0.3 is 5.32 Å². The van der Waals surface area contributed by atoms with Crippen molar-refractivity contribution in [1.82, 2.24) is 19.9 Å². The molecule has 0 unspecified atom stereocenters. The number of nitrogens with zero attached hydrogens (tertiary/aromatic N) is 4. The minimum absolute atomic E-state index is 0.474. The van der Waals surface area contributed by atoms with E-state index in [-0.39, 0.29) is 0 Å². The summed E-state index contributed by atoms with van der Waals surface area (Å²) in [7, 11) is 0. The average Bonchev–Trinajstić information content (AvgIpc) is 3.08. The zero-order chi connectivity index (χ0) is 15.6. The maximum absolute atomic E-state index is 6.25. The van der Waals surface area contributed by atoms with Gasteiger partial charge in [-0.05, 0) is 25.0 Å². The summed E-state index contributed by atoms with van der Waals surface area (Å²) in [5, 5.41) is 5.11. The fraction of sp³-hybridized carbons (Fsp3) is 0.294. The van der Waals surface area contributed by atoms with Crippen molar-refractivity contribution in [3.8, 4) is 11.4 Å². The van der Waals surface area contributed by atoms with Crippen LogP contribution in [0.2, 0.25) is 5.02 Å². The lowest BCUT2D eigenvalue weighted by Crippen LogP contribution is -2.16. The summed E-state index contributed by atoms with van der Waals surface area (Å²) >= 11 is 6.25. The zero-order valence-electron chi connectivity index (χ0n) is 12.5. The Morgan fingerprint density at radius 1 is 1.00 bits per heavy atom. The number of aromatic nitrogens is 4. The van der Waals surface area contributed by atoms with Crippen LogP contribution >= 0.6 is 11.6 Å². The van der Waals surface area contributed by atoms with Gasteiger partial charge in [-0.3, -0.25) is 9.97 Å². The first-order valence-electron chi connectivity index (χ1n) is 7.79. The van der Waals surface area contributed by atoms with Crippen LogP contribution in [0.4, 0.5) is 5.82 Å². The van der Waals surface area contributed by atoms with Gasteiger partial charge in [0.15, 0.2) is 5.82 Å². The van der Waals surface area contributed by atoms with E-state index in [1.807, 2.05) is 12.1 Å². The second kappa shape index (κ2) is 6.08. The van der Waals surface area contributed by atoms with Crippen LogP contribution in [-0.2, 0) is 0 Å². The number of halogens is 1. The van der Waals surface area contributed by atoms with Crippen LogP contribution in [0.5, 0.6) is 0 Å². The van der Waals surface area contributed by atoms with Gasteiger partial charge in [-0.25, -0.2) is 9.97 Å². The van der Waals surface area contributed by atoms with Crippen molar-refractivity contribution in [3.05, 3.63) is 41.9 Å². The van der Waals surface area contributed by atoms with E-state index in [1.54, 1.807) is 24.8 Å². The number of nitrogens with one attached hydrogen (secondary N) is 1. The Morgan fingerprint density at radius 2 is 1.78 bits per heavy atom. The Labute approximate surface area is 139 Å². The molecule has 0 aromatic carbocycles. The van der Waals surface area contributed by atoms with Crippen LogP contribution < -0.4 is 5.32 Å². The highest BCUT2D eigenvalue weighted by molar-refractivity contribution is 6.33. The first kappa shape index (κ1) is 14.3. The van der Waals surface area contributed by atoms with Gasteiger partial charge in [0.25, 0.3) is 0 Å². The van der Waals surface area contributed by atoms with Crippen molar-refractivity contribution < 1.29 is 0 Å². The molecule has 3 aromatic rings. The fourth-order valence-electron chi connectivity index (χ4n) is 3.03. The largest absolute Gasteiger partial charge is 0.367 e. The minimum atomic E-state index is 0.474. The van der Waals surface area contributed by atoms with Crippen LogP contribution in [0.25, 0.3) is 22.3 Å². The molecule has 4 rings (SSSR count). The molecular weight excluding hydrogens is 310 g/mol. The van der Waals surface area contributed by atoms with Gasteiger partial charge in [-0.15, -0.1) is 0 Å². The number of anilines is 1. The first-order chi connectivity index (χ1) is 11.3. The topological polar surface area (TPSA) is 63.6 Å². The number of fused-ring (bicyclic) bond motifs is 1. The SMILES string of the molecule is Clc1cnccc1-c1nc(NC2CCCC2)c2ccncc2n1. The molecule has 1 aliphatic rings. The van der Waals surface area contributed by atoms with Crippen LogP contribution in [0, 0.1) is 0 Å². The van der Waals surface area contributed by atoms with Gasteiger partial charge in [0, 0.05) is 35.6 Å².